The lowest BCUT2D eigenvalue weighted by molar-refractivity contribution is 0.373. The molecule has 0 spiro atoms. The summed E-state index contributed by atoms with van der Waals surface area (Å²) in [7, 11) is -8.55. The second-order valence-electron chi connectivity index (χ2n) is 6.09. The average Bonchev–Trinajstić information content (AvgIpc) is 3.00. The van der Waals surface area contributed by atoms with E-state index >= 15 is 0 Å². The molecule has 1 aliphatic heterocycles. The van der Waals surface area contributed by atoms with Gasteiger partial charge >= 0.3 is 7.60 Å². The highest BCUT2D eigenvalue weighted by Crippen LogP contribution is 2.37. The minimum Gasteiger partial charge on any atom is -0.384 e. The quantitative estimate of drug-likeness (QED) is 0.582. The molecule has 0 fully saturated rings. The molecule has 2 aromatic carbocycles. The molecular weight excluding hydrogens is 434 g/mol. The predicted octanol–water partition coefficient (Wildman–Crippen LogP) is 3.33. The number of anilines is 2. The highest BCUT2D eigenvalue weighted by Gasteiger charge is 2.29. The van der Waals surface area contributed by atoms with Gasteiger partial charge in [0.25, 0.3) is 10.0 Å². The molecule has 0 amide bonds. The zero-order valence-electron chi connectivity index (χ0n) is 14.0. The van der Waals surface area contributed by atoms with Gasteiger partial charge in [-0.1, -0.05) is 23.2 Å². The number of hydrogen-bond donors (Lipinski definition) is 3. The fourth-order valence-electron chi connectivity index (χ4n) is 2.86. The first kappa shape index (κ1) is 20.5. The first-order valence-corrected chi connectivity index (χ1v) is 12.0. The van der Waals surface area contributed by atoms with Crippen molar-refractivity contribution in [3.63, 3.8) is 0 Å². The first-order chi connectivity index (χ1) is 12.6. The third-order valence-corrected chi connectivity index (χ3v) is 7.13. The van der Waals surface area contributed by atoms with E-state index in [9.17, 15) is 22.8 Å². The van der Waals surface area contributed by atoms with Crippen LogP contribution in [0.4, 0.5) is 11.4 Å². The Morgan fingerprint density at radius 2 is 1.78 bits per heavy atom. The predicted molar refractivity (Wildman–Crippen MR) is 107 cm³/mol. The maximum atomic E-state index is 13.2. The third-order valence-electron chi connectivity index (χ3n) is 4.11. The molecule has 0 aliphatic carbocycles. The number of nitrogens with zero attached hydrogens (tertiary/aromatic N) is 1. The molecule has 2 aromatic rings. The molecule has 11 heteroatoms. The van der Waals surface area contributed by atoms with E-state index in [4.69, 9.17) is 23.2 Å². The smallest absolute Gasteiger partial charge is 0.327 e. The largest absolute Gasteiger partial charge is 0.384 e. The second kappa shape index (κ2) is 7.62. The van der Waals surface area contributed by atoms with Crippen LogP contribution < -0.4 is 9.62 Å². The molecule has 1 aliphatic rings. The Morgan fingerprint density at radius 3 is 2.41 bits per heavy atom. The summed E-state index contributed by atoms with van der Waals surface area (Å²) in [5.41, 5.74) is 2.17. The van der Waals surface area contributed by atoms with Gasteiger partial charge in [-0.2, -0.15) is 0 Å². The lowest BCUT2D eigenvalue weighted by Crippen LogP contribution is -2.33. The summed E-state index contributed by atoms with van der Waals surface area (Å²) in [5, 5.41) is 3.48. The molecule has 146 valence electrons. The Balaban J connectivity index is 2.07. The van der Waals surface area contributed by atoms with Gasteiger partial charge in [0.15, 0.2) is 0 Å². The standard InChI is InChI=1S/C16H17Cl2N2O5PS/c17-12-8-13(18)10-15(9-12)27(24,25)20(5-6-26(21,22)23)14-1-2-16-11(7-14)3-4-19-16/h1-2,7-10,19H,3-6H2,(H2,21,22,23). The van der Waals surface area contributed by atoms with Gasteiger partial charge in [-0.3, -0.25) is 8.87 Å². The molecular formula is C16H17Cl2N2O5PS. The zero-order chi connectivity index (χ0) is 19.8. The van der Waals surface area contributed by atoms with E-state index in [2.05, 4.69) is 5.32 Å². The van der Waals surface area contributed by atoms with E-state index in [-0.39, 0.29) is 21.5 Å². The number of sulfonamides is 1. The Bertz CT molecular complexity index is 1010. The highest BCUT2D eigenvalue weighted by atomic mass is 35.5. The van der Waals surface area contributed by atoms with Crippen LogP contribution in [0.1, 0.15) is 5.56 Å². The van der Waals surface area contributed by atoms with Gasteiger partial charge < -0.3 is 15.1 Å². The van der Waals surface area contributed by atoms with Gasteiger partial charge in [0.05, 0.1) is 16.7 Å². The molecule has 0 unspecified atom stereocenters. The molecule has 27 heavy (non-hydrogen) atoms. The molecule has 0 bridgehead atoms. The van der Waals surface area contributed by atoms with Crippen molar-refractivity contribution >= 4 is 52.2 Å². The second-order valence-corrected chi connectivity index (χ2v) is 10.6. The van der Waals surface area contributed by atoms with E-state index in [1.54, 1.807) is 18.2 Å². The number of nitrogens with one attached hydrogen (secondary N) is 1. The third kappa shape index (κ3) is 4.77. The summed E-state index contributed by atoms with van der Waals surface area (Å²) in [5.74, 6) is 0. The van der Waals surface area contributed by atoms with E-state index < -0.39 is 23.8 Å². The minimum atomic E-state index is -4.41. The molecule has 3 N–H and O–H groups in total. The Hall–Kier alpha value is -1.28. The summed E-state index contributed by atoms with van der Waals surface area (Å²) in [6.45, 7) is 0.362. The van der Waals surface area contributed by atoms with Crippen LogP contribution in [0.3, 0.4) is 0 Å². The molecule has 7 nitrogen and oxygen atoms in total. The van der Waals surface area contributed by atoms with Crippen LogP contribution in [0.15, 0.2) is 41.3 Å². The van der Waals surface area contributed by atoms with Crippen LogP contribution >= 0.6 is 30.8 Å². The van der Waals surface area contributed by atoms with Crippen molar-refractivity contribution < 1.29 is 22.8 Å². The molecule has 0 atom stereocenters. The van der Waals surface area contributed by atoms with Crippen molar-refractivity contribution in [2.24, 2.45) is 0 Å². The number of halogens is 2. The fraction of sp³-hybridized carbons (Fsp3) is 0.250. The maximum Gasteiger partial charge on any atom is 0.327 e. The van der Waals surface area contributed by atoms with Gasteiger partial charge in [0.2, 0.25) is 0 Å². The number of benzene rings is 2. The highest BCUT2D eigenvalue weighted by molar-refractivity contribution is 7.92. The van der Waals surface area contributed by atoms with E-state index in [1.165, 1.54) is 18.2 Å². The molecule has 0 radical (unpaired) electrons. The van der Waals surface area contributed by atoms with Crippen LogP contribution in [0.2, 0.25) is 10.0 Å². The van der Waals surface area contributed by atoms with Crippen molar-refractivity contribution in [1.29, 1.82) is 0 Å². The number of rotatable bonds is 6. The Labute approximate surface area is 167 Å². The average molecular weight is 451 g/mol. The minimum absolute atomic E-state index is 0.147. The molecule has 3 rings (SSSR count). The van der Waals surface area contributed by atoms with E-state index in [1.807, 2.05) is 0 Å². The van der Waals surface area contributed by atoms with Crippen molar-refractivity contribution in [3.05, 3.63) is 52.0 Å². The summed E-state index contributed by atoms with van der Waals surface area (Å²) >= 11 is 11.9. The van der Waals surface area contributed by atoms with Crippen molar-refractivity contribution in [3.8, 4) is 0 Å². The molecule has 0 saturated heterocycles. The van der Waals surface area contributed by atoms with Gasteiger partial charge in [-0.15, -0.1) is 0 Å². The van der Waals surface area contributed by atoms with Gasteiger partial charge in [0, 0.05) is 28.8 Å². The maximum absolute atomic E-state index is 13.2. The van der Waals surface area contributed by atoms with Crippen LogP contribution in [0.5, 0.6) is 0 Å². The van der Waals surface area contributed by atoms with Crippen LogP contribution in [-0.2, 0) is 21.0 Å². The topological polar surface area (TPSA) is 107 Å². The summed E-state index contributed by atoms with van der Waals surface area (Å²) in [4.78, 5) is 18.3. The molecule has 0 saturated carbocycles. The van der Waals surface area contributed by atoms with E-state index in [0.717, 1.165) is 28.5 Å². The summed E-state index contributed by atoms with van der Waals surface area (Å²) < 4.78 is 38.7. The van der Waals surface area contributed by atoms with Gasteiger partial charge in [0.1, 0.15) is 0 Å². The number of fused-ring (bicyclic) bond motifs is 1. The fourth-order valence-corrected chi connectivity index (χ4v) is 5.64. The zero-order valence-corrected chi connectivity index (χ0v) is 17.2. The van der Waals surface area contributed by atoms with Gasteiger partial charge in [-0.25, -0.2) is 8.42 Å². The molecule has 1 heterocycles. The Morgan fingerprint density at radius 1 is 1.11 bits per heavy atom. The Kier molecular flexibility index (Phi) is 5.77. The van der Waals surface area contributed by atoms with Crippen molar-refractivity contribution in [2.45, 2.75) is 11.3 Å². The first-order valence-electron chi connectivity index (χ1n) is 7.96. The van der Waals surface area contributed by atoms with Crippen molar-refractivity contribution in [2.75, 3.05) is 28.9 Å². The normalized spacial score (nSPS) is 13.9. The monoisotopic (exact) mass is 450 g/mol. The summed E-state index contributed by atoms with van der Waals surface area (Å²) in [6, 6.07) is 8.97. The van der Waals surface area contributed by atoms with Crippen LogP contribution in [-0.4, -0.2) is 37.5 Å². The molecule has 0 aromatic heterocycles. The SMILES string of the molecule is O=P(O)(O)CCN(c1ccc2c(c1)CCN2)S(=O)(=O)c1cc(Cl)cc(Cl)c1. The lowest BCUT2D eigenvalue weighted by atomic mass is 10.1. The van der Waals surface area contributed by atoms with E-state index in [0.29, 0.717) is 5.69 Å². The van der Waals surface area contributed by atoms with Crippen LogP contribution in [0, 0.1) is 0 Å². The number of hydrogen-bond acceptors (Lipinski definition) is 4. The van der Waals surface area contributed by atoms with Crippen molar-refractivity contribution in [1.82, 2.24) is 0 Å². The summed E-state index contributed by atoms with van der Waals surface area (Å²) in [6.07, 6.45) is 0.119. The lowest BCUT2D eigenvalue weighted by Gasteiger charge is -2.25. The van der Waals surface area contributed by atoms with Gasteiger partial charge in [-0.05, 0) is 48.4 Å². The van der Waals surface area contributed by atoms with Crippen LogP contribution in [0.25, 0.3) is 0 Å².